The van der Waals surface area contributed by atoms with Gasteiger partial charge in [-0.25, -0.2) is 0 Å². The first kappa shape index (κ1) is 10.8. The standard InChI is InChI=1S/C12H15ClO2/c13-9-4-6-11(7-5-9)15-12-3-1-2-10(14)8-12/h4-7,10,12,14H,1-3,8H2. The third kappa shape index (κ3) is 3.11. The molecule has 1 aliphatic carbocycles. The zero-order valence-corrected chi connectivity index (χ0v) is 9.28. The van der Waals surface area contributed by atoms with Crippen molar-refractivity contribution in [2.75, 3.05) is 0 Å². The van der Waals surface area contributed by atoms with Crippen LogP contribution in [-0.2, 0) is 0 Å². The highest BCUT2D eigenvalue weighted by Crippen LogP contribution is 2.24. The molecular formula is C12H15ClO2. The summed E-state index contributed by atoms with van der Waals surface area (Å²) in [6.07, 6.45) is 3.66. The van der Waals surface area contributed by atoms with Gasteiger partial charge in [0.15, 0.2) is 0 Å². The first-order chi connectivity index (χ1) is 7.24. The highest BCUT2D eigenvalue weighted by molar-refractivity contribution is 6.30. The van der Waals surface area contributed by atoms with Crippen LogP contribution in [0, 0.1) is 0 Å². The third-order valence-corrected chi connectivity index (χ3v) is 2.97. The maximum atomic E-state index is 9.50. The van der Waals surface area contributed by atoms with Crippen LogP contribution in [0.15, 0.2) is 24.3 Å². The molecule has 1 saturated carbocycles. The van der Waals surface area contributed by atoms with Crippen LogP contribution in [0.5, 0.6) is 5.75 Å². The van der Waals surface area contributed by atoms with E-state index in [0.29, 0.717) is 5.02 Å². The highest BCUT2D eigenvalue weighted by Gasteiger charge is 2.21. The molecule has 0 aromatic heterocycles. The van der Waals surface area contributed by atoms with Gasteiger partial charge in [0, 0.05) is 11.4 Å². The Balaban J connectivity index is 1.93. The summed E-state index contributed by atoms with van der Waals surface area (Å²) in [7, 11) is 0. The minimum atomic E-state index is -0.198. The number of ether oxygens (including phenoxy) is 1. The lowest BCUT2D eigenvalue weighted by molar-refractivity contribution is 0.0536. The van der Waals surface area contributed by atoms with Crippen molar-refractivity contribution in [3.05, 3.63) is 29.3 Å². The van der Waals surface area contributed by atoms with Crippen molar-refractivity contribution in [2.45, 2.75) is 37.9 Å². The van der Waals surface area contributed by atoms with Gasteiger partial charge in [-0.15, -0.1) is 0 Å². The van der Waals surface area contributed by atoms with Crippen molar-refractivity contribution in [1.29, 1.82) is 0 Å². The van der Waals surface area contributed by atoms with Gasteiger partial charge >= 0.3 is 0 Å². The summed E-state index contributed by atoms with van der Waals surface area (Å²) in [4.78, 5) is 0. The predicted octanol–water partition coefficient (Wildman–Crippen LogP) is 3.02. The van der Waals surface area contributed by atoms with Crippen molar-refractivity contribution in [3.63, 3.8) is 0 Å². The third-order valence-electron chi connectivity index (χ3n) is 2.71. The van der Waals surface area contributed by atoms with Gasteiger partial charge in [-0.3, -0.25) is 0 Å². The van der Waals surface area contributed by atoms with Gasteiger partial charge in [0.05, 0.1) is 6.10 Å². The number of rotatable bonds is 2. The van der Waals surface area contributed by atoms with Crippen LogP contribution in [0.2, 0.25) is 5.02 Å². The van der Waals surface area contributed by atoms with Crippen molar-refractivity contribution >= 4 is 11.6 Å². The maximum absolute atomic E-state index is 9.50. The van der Waals surface area contributed by atoms with Crippen LogP contribution in [0.4, 0.5) is 0 Å². The Kier molecular flexibility index (Phi) is 3.49. The van der Waals surface area contributed by atoms with Crippen molar-refractivity contribution in [3.8, 4) is 5.75 Å². The average Bonchev–Trinajstić information content (AvgIpc) is 2.22. The smallest absolute Gasteiger partial charge is 0.119 e. The van der Waals surface area contributed by atoms with E-state index in [9.17, 15) is 5.11 Å². The lowest BCUT2D eigenvalue weighted by Crippen LogP contribution is -2.28. The van der Waals surface area contributed by atoms with E-state index in [1.54, 1.807) is 0 Å². The van der Waals surface area contributed by atoms with Crippen molar-refractivity contribution in [2.24, 2.45) is 0 Å². The van der Waals surface area contributed by atoms with E-state index in [4.69, 9.17) is 16.3 Å². The van der Waals surface area contributed by atoms with Crippen LogP contribution in [-0.4, -0.2) is 17.3 Å². The lowest BCUT2D eigenvalue weighted by Gasteiger charge is -2.26. The van der Waals surface area contributed by atoms with Crippen LogP contribution in [0.1, 0.15) is 25.7 Å². The molecule has 2 rings (SSSR count). The van der Waals surface area contributed by atoms with Crippen molar-refractivity contribution in [1.82, 2.24) is 0 Å². The molecule has 0 saturated heterocycles. The maximum Gasteiger partial charge on any atom is 0.119 e. The second-order valence-electron chi connectivity index (χ2n) is 4.01. The van der Waals surface area contributed by atoms with E-state index in [1.165, 1.54) is 0 Å². The molecule has 0 radical (unpaired) electrons. The van der Waals surface area contributed by atoms with E-state index in [1.807, 2.05) is 24.3 Å². The summed E-state index contributed by atoms with van der Waals surface area (Å²) in [5.41, 5.74) is 0. The van der Waals surface area contributed by atoms with Gasteiger partial charge in [-0.1, -0.05) is 11.6 Å². The molecule has 0 heterocycles. The summed E-state index contributed by atoms with van der Waals surface area (Å²) >= 11 is 5.78. The molecule has 1 aromatic carbocycles. The van der Waals surface area contributed by atoms with Gasteiger partial charge in [0.25, 0.3) is 0 Å². The van der Waals surface area contributed by atoms with Crippen LogP contribution >= 0.6 is 11.6 Å². The zero-order valence-electron chi connectivity index (χ0n) is 8.53. The largest absolute Gasteiger partial charge is 0.490 e. The molecule has 2 nitrogen and oxygen atoms in total. The molecule has 82 valence electrons. The van der Waals surface area contributed by atoms with E-state index >= 15 is 0 Å². The molecule has 15 heavy (non-hydrogen) atoms. The van der Waals surface area contributed by atoms with Crippen LogP contribution in [0.25, 0.3) is 0 Å². The fourth-order valence-electron chi connectivity index (χ4n) is 1.93. The lowest BCUT2D eigenvalue weighted by atomic mass is 9.95. The molecule has 2 unspecified atom stereocenters. The molecule has 0 aliphatic heterocycles. The van der Waals surface area contributed by atoms with E-state index < -0.39 is 0 Å². The van der Waals surface area contributed by atoms with E-state index in [2.05, 4.69) is 0 Å². The topological polar surface area (TPSA) is 29.5 Å². The number of halogens is 1. The quantitative estimate of drug-likeness (QED) is 0.840. The average molecular weight is 227 g/mol. The summed E-state index contributed by atoms with van der Waals surface area (Å²) < 4.78 is 5.76. The van der Waals surface area contributed by atoms with Gasteiger partial charge in [-0.2, -0.15) is 0 Å². The molecule has 2 atom stereocenters. The monoisotopic (exact) mass is 226 g/mol. The second kappa shape index (κ2) is 4.86. The van der Waals surface area contributed by atoms with Gasteiger partial charge in [0.2, 0.25) is 0 Å². The Morgan fingerprint density at radius 1 is 1.20 bits per heavy atom. The summed E-state index contributed by atoms with van der Waals surface area (Å²) in [6.45, 7) is 0. The predicted molar refractivity (Wildman–Crippen MR) is 60.3 cm³/mol. The molecule has 1 N–H and O–H groups in total. The molecule has 0 bridgehead atoms. The molecule has 0 spiro atoms. The number of aliphatic hydroxyl groups is 1. The number of hydrogen-bond donors (Lipinski definition) is 1. The molecule has 1 aliphatic rings. The first-order valence-corrected chi connectivity index (χ1v) is 5.72. The summed E-state index contributed by atoms with van der Waals surface area (Å²) in [6, 6.07) is 7.36. The first-order valence-electron chi connectivity index (χ1n) is 5.34. The van der Waals surface area contributed by atoms with E-state index in [-0.39, 0.29) is 12.2 Å². The molecular weight excluding hydrogens is 212 g/mol. The number of hydrogen-bond acceptors (Lipinski definition) is 2. The fraction of sp³-hybridized carbons (Fsp3) is 0.500. The summed E-state index contributed by atoms with van der Waals surface area (Å²) in [5, 5.41) is 10.2. The Bertz CT molecular complexity index is 310. The van der Waals surface area contributed by atoms with Crippen LogP contribution < -0.4 is 4.74 Å². The number of aliphatic hydroxyl groups excluding tert-OH is 1. The molecule has 1 fully saturated rings. The van der Waals surface area contributed by atoms with Gasteiger partial charge in [0.1, 0.15) is 11.9 Å². The number of benzene rings is 1. The normalized spacial score (nSPS) is 26.3. The molecule has 0 amide bonds. The molecule has 1 aromatic rings. The van der Waals surface area contributed by atoms with Gasteiger partial charge in [-0.05, 0) is 43.5 Å². The van der Waals surface area contributed by atoms with Crippen molar-refractivity contribution < 1.29 is 9.84 Å². The summed E-state index contributed by atoms with van der Waals surface area (Å²) in [5.74, 6) is 0.832. The highest BCUT2D eigenvalue weighted by atomic mass is 35.5. The van der Waals surface area contributed by atoms with Crippen LogP contribution in [0.3, 0.4) is 0 Å². The van der Waals surface area contributed by atoms with E-state index in [0.717, 1.165) is 31.4 Å². The molecule has 3 heteroatoms. The Labute approximate surface area is 94.8 Å². The zero-order chi connectivity index (χ0) is 10.7. The minimum Gasteiger partial charge on any atom is -0.490 e. The second-order valence-corrected chi connectivity index (χ2v) is 4.45. The SMILES string of the molecule is OC1CCCC(Oc2ccc(Cl)cc2)C1. The minimum absolute atomic E-state index is 0.148. The Morgan fingerprint density at radius 3 is 2.60 bits per heavy atom. The Morgan fingerprint density at radius 2 is 1.93 bits per heavy atom. The fourth-order valence-corrected chi connectivity index (χ4v) is 2.06. The van der Waals surface area contributed by atoms with Gasteiger partial charge < -0.3 is 9.84 Å². The Hall–Kier alpha value is -0.730.